The topological polar surface area (TPSA) is 49.1 Å². The van der Waals surface area contributed by atoms with E-state index in [2.05, 4.69) is 16.8 Å². The molecule has 1 aromatic rings. The number of nitrogens with zero attached hydrogens (tertiary/aromatic N) is 3. The number of aryl methyl sites for hydroxylation is 2. The van der Waals surface area contributed by atoms with Crippen molar-refractivity contribution in [2.75, 3.05) is 32.7 Å². The summed E-state index contributed by atoms with van der Waals surface area (Å²) in [6.45, 7) is 10.0. The molecule has 1 saturated heterocycles. The van der Waals surface area contributed by atoms with Crippen molar-refractivity contribution in [3.8, 4) is 0 Å². The van der Waals surface area contributed by atoms with Crippen LogP contribution in [-0.2, 0) is 0 Å². The lowest BCUT2D eigenvalue weighted by molar-refractivity contribution is 0.0692. The standard InChI is InChI=1S/C15H21N3O2S/c1-10-8-13(12(3)20-10)14(19)17-4-6-18(7-5-17)15-16-9-11(2)21-15/h8,11H,4-7,9H2,1-3H3/t11-/m0/s1. The number of carbonyl (C=O) groups is 1. The molecule has 0 aliphatic carbocycles. The van der Waals surface area contributed by atoms with Gasteiger partial charge in [-0.15, -0.1) is 0 Å². The number of carbonyl (C=O) groups excluding carboxylic acids is 1. The largest absolute Gasteiger partial charge is 0.466 e. The van der Waals surface area contributed by atoms with Crippen LogP contribution < -0.4 is 0 Å². The Kier molecular flexibility index (Phi) is 3.97. The van der Waals surface area contributed by atoms with E-state index < -0.39 is 0 Å². The van der Waals surface area contributed by atoms with Gasteiger partial charge in [-0.25, -0.2) is 0 Å². The smallest absolute Gasteiger partial charge is 0.257 e. The van der Waals surface area contributed by atoms with Crippen molar-refractivity contribution in [1.29, 1.82) is 0 Å². The molecule has 2 aliphatic rings. The van der Waals surface area contributed by atoms with Gasteiger partial charge in [-0.05, 0) is 19.9 Å². The summed E-state index contributed by atoms with van der Waals surface area (Å²) in [7, 11) is 0. The average Bonchev–Trinajstić information content (AvgIpc) is 3.04. The first kappa shape index (κ1) is 14.5. The highest BCUT2D eigenvalue weighted by atomic mass is 32.2. The van der Waals surface area contributed by atoms with E-state index in [1.807, 2.05) is 36.6 Å². The van der Waals surface area contributed by atoms with Crippen LogP contribution in [0.25, 0.3) is 0 Å². The van der Waals surface area contributed by atoms with Crippen LogP contribution in [0.15, 0.2) is 15.5 Å². The van der Waals surface area contributed by atoms with E-state index in [-0.39, 0.29) is 5.91 Å². The Morgan fingerprint density at radius 3 is 2.57 bits per heavy atom. The SMILES string of the molecule is Cc1cc(C(=O)N2CCN(C3=NC[C@H](C)S3)CC2)c(C)o1. The Balaban J connectivity index is 1.61. The number of furan rings is 1. The Bertz CT molecular complexity index is 573. The molecule has 0 saturated carbocycles. The summed E-state index contributed by atoms with van der Waals surface area (Å²) in [4.78, 5) is 21.3. The van der Waals surface area contributed by atoms with Crippen molar-refractivity contribution < 1.29 is 9.21 Å². The van der Waals surface area contributed by atoms with Crippen LogP contribution in [-0.4, -0.2) is 58.8 Å². The number of hydrogen-bond acceptors (Lipinski definition) is 5. The van der Waals surface area contributed by atoms with E-state index >= 15 is 0 Å². The first-order valence-corrected chi connectivity index (χ1v) is 8.25. The van der Waals surface area contributed by atoms with Gasteiger partial charge in [0, 0.05) is 31.4 Å². The first-order chi connectivity index (χ1) is 10.0. The number of thioether (sulfide) groups is 1. The van der Waals surface area contributed by atoms with Crippen LogP contribution in [0.2, 0.25) is 0 Å². The van der Waals surface area contributed by atoms with Crippen molar-refractivity contribution in [2.24, 2.45) is 4.99 Å². The summed E-state index contributed by atoms with van der Waals surface area (Å²) >= 11 is 1.84. The van der Waals surface area contributed by atoms with Gasteiger partial charge in [0.25, 0.3) is 5.91 Å². The lowest BCUT2D eigenvalue weighted by atomic mass is 10.2. The van der Waals surface area contributed by atoms with Crippen molar-refractivity contribution in [2.45, 2.75) is 26.0 Å². The van der Waals surface area contributed by atoms with E-state index in [0.717, 1.165) is 43.7 Å². The second kappa shape index (κ2) is 5.75. The molecule has 1 amide bonds. The van der Waals surface area contributed by atoms with Gasteiger partial charge in [0.05, 0.1) is 12.1 Å². The number of amidine groups is 1. The van der Waals surface area contributed by atoms with Gasteiger partial charge >= 0.3 is 0 Å². The Morgan fingerprint density at radius 1 is 1.33 bits per heavy atom. The molecule has 0 spiro atoms. The van der Waals surface area contributed by atoms with E-state index in [1.54, 1.807) is 0 Å². The van der Waals surface area contributed by atoms with Crippen LogP contribution in [0.4, 0.5) is 0 Å². The van der Waals surface area contributed by atoms with Gasteiger partial charge < -0.3 is 14.2 Å². The molecule has 3 heterocycles. The molecule has 0 radical (unpaired) electrons. The Labute approximate surface area is 129 Å². The Morgan fingerprint density at radius 2 is 2.05 bits per heavy atom. The summed E-state index contributed by atoms with van der Waals surface area (Å²) in [5, 5.41) is 1.72. The highest BCUT2D eigenvalue weighted by Gasteiger charge is 2.28. The maximum atomic E-state index is 12.5. The van der Waals surface area contributed by atoms with Gasteiger partial charge in [0.15, 0.2) is 5.17 Å². The quantitative estimate of drug-likeness (QED) is 0.797. The molecule has 3 rings (SSSR count). The lowest BCUT2D eigenvalue weighted by Crippen LogP contribution is -2.49. The Hall–Kier alpha value is -1.43. The molecule has 1 fully saturated rings. The summed E-state index contributed by atoms with van der Waals surface area (Å²) < 4.78 is 5.46. The summed E-state index contributed by atoms with van der Waals surface area (Å²) in [6.07, 6.45) is 0. The van der Waals surface area contributed by atoms with E-state index in [0.29, 0.717) is 16.6 Å². The third-order valence-electron chi connectivity index (χ3n) is 3.90. The number of amides is 1. The lowest BCUT2D eigenvalue weighted by Gasteiger charge is -2.35. The molecule has 114 valence electrons. The van der Waals surface area contributed by atoms with Crippen molar-refractivity contribution in [3.05, 3.63) is 23.2 Å². The summed E-state index contributed by atoms with van der Waals surface area (Å²) in [5.74, 6) is 1.59. The van der Waals surface area contributed by atoms with Crippen molar-refractivity contribution in [1.82, 2.24) is 9.80 Å². The van der Waals surface area contributed by atoms with Crippen LogP contribution in [0.1, 0.15) is 28.8 Å². The van der Waals surface area contributed by atoms with Gasteiger partial charge in [0.2, 0.25) is 0 Å². The molecule has 0 N–H and O–H groups in total. The first-order valence-electron chi connectivity index (χ1n) is 7.37. The molecule has 2 aliphatic heterocycles. The van der Waals surface area contributed by atoms with Crippen molar-refractivity contribution >= 4 is 22.8 Å². The minimum Gasteiger partial charge on any atom is -0.466 e. The highest BCUT2D eigenvalue weighted by molar-refractivity contribution is 8.14. The minimum absolute atomic E-state index is 0.0818. The fraction of sp³-hybridized carbons (Fsp3) is 0.600. The summed E-state index contributed by atoms with van der Waals surface area (Å²) in [6, 6.07) is 1.84. The number of rotatable bonds is 1. The monoisotopic (exact) mass is 307 g/mol. The third-order valence-corrected chi connectivity index (χ3v) is 5.05. The zero-order chi connectivity index (χ0) is 15.0. The molecular weight excluding hydrogens is 286 g/mol. The van der Waals surface area contributed by atoms with Crippen LogP contribution in [0.5, 0.6) is 0 Å². The minimum atomic E-state index is 0.0818. The molecule has 1 aromatic heterocycles. The fourth-order valence-corrected chi connectivity index (χ4v) is 3.74. The molecular formula is C15H21N3O2S. The zero-order valence-corrected chi connectivity index (χ0v) is 13.6. The van der Waals surface area contributed by atoms with Crippen LogP contribution in [0.3, 0.4) is 0 Å². The number of aliphatic imine (C=N–C) groups is 1. The second-order valence-electron chi connectivity index (χ2n) is 5.66. The zero-order valence-electron chi connectivity index (χ0n) is 12.8. The molecule has 5 nitrogen and oxygen atoms in total. The molecule has 1 atom stereocenters. The molecule has 6 heteroatoms. The predicted molar refractivity (Wildman–Crippen MR) is 85.0 cm³/mol. The maximum absolute atomic E-state index is 12.5. The summed E-state index contributed by atoms with van der Waals surface area (Å²) in [5.41, 5.74) is 0.696. The predicted octanol–water partition coefficient (Wildman–Crippen LogP) is 2.15. The van der Waals surface area contributed by atoms with E-state index in [1.165, 1.54) is 0 Å². The maximum Gasteiger partial charge on any atom is 0.257 e. The number of hydrogen-bond donors (Lipinski definition) is 0. The third kappa shape index (κ3) is 2.95. The second-order valence-corrected chi connectivity index (χ2v) is 7.06. The van der Waals surface area contributed by atoms with Gasteiger partial charge in [-0.1, -0.05) is 18.7 Å². The molecule has 21 heavy (non-hydrogen) atoms. The van der Waals surface area contributed by atoms with Crippen LogP contribution >= 0.6 is 11.8 Å². The van der Waals surface area contributed by atoms with E-state index in [9.17, 15) is 4.79 Å². The number of piperazine rings is 1. The van der Waals surface area contributed by atoms with Gasteiger partial charge in [-0.3, -0.25) is 9.79 Å². The van der Waals surface area contributed by atoms with E-state index in [4.69, 9.17) is 4.42 Å². The van der Waals surface area contributed by atoms with Crippen molar-refractivity contribution in [3.63, 3.8) is 0 Å². The average molecular weight is 307 g/mol. The van der Waals surface area contributed by atoms with Gasteiger partial charge in [0.1, 0.15) is 11.5 Å². The molecule has 0 aromatic carbocycles. The van der Waals surface area contributed by atoms with Crippen LogP contribution in [0, 0.1) is 13.8 Å². The molecule has 0 unspecified atom stereocenters. The molecule has 0 bridgehead atoms. The fourth-order valence-electron chi connectivity index (χ4n) is 2.75. The van der Waals surface area contributed by atoms with Gasteiger partial charge in [-0.2, -0.15) is 0 Å². The normalized spacial score (nSPS) is 22.6. The highest BCUT2D eigenvalue weighted by Crippen LogP contribution is 2.24.